The number of hydrogen-bond donors (Lipinski definition) is 2. The lowest BCUT2D eigenvalue weighted by atomic mass is 10.1. The first kappa shape index (κ1) is 29.2. The molecule has 42 heavy (non-hydrogen) atoms. The number of thioether (sulfide) groups is 1. The molecule has 3 N–H and O–H groups in total. The van der Waals surface area contributed by atoms with Gasteiger partial charge in [-0.3, -0.25) is 19.5 Å². The molecule has 1 aliphatic rings. The Balaban J connectivity index is 1.35. The molecule has 0 saturated carbocycles. The number of rotatable bonds is 9. The number of nitrogens with zero attached hydrogens (tertiary/aromatic N) is 3. The summed E-state index contributed by atoms with van der Waals surface area (Å²) in [5, 5.41) is 11.8. The van der Waals surface area contributed by atoms with Crippen LogP contribution in [0.3, 0.4) is 0 Å². The third-order valence-corrected chi connectivity index (χ3v) is 8.61. The molecule has 2 heterocycles. The topological polar surface area (TPSA) is 148 Å². The maximum Gasteiger partial charge on any atom is 0.243 e. The third kappa shape index (κ3) is 6.93. The number of para-hydroxylation sites is 1. The summed E-state index contributed by atoms with van der Waals surface area (Å²) in [6.07, 6.45) is -0.0734. The smallest absolute Gasteiger partial charge is 0.243 e. The summed E-state index contributed by atoms with van der Waals surface area (Å²) in [5.41, 5.74) is 3.33. The van der Waals surface area contributed by atoms with E-state index >= 15 is 0 Å². The molecule has 1 aliphatic heterocycles. The second kappa shape index (κ2) is 12.3. The summed E-state index contributed by atoms with van der Waals surface area (Å²) < 4.78 is 41.9. The van der Waals surface area contributed by atoms with E-state index in [1.54, 1.807) is 36.4 Å². The Morgan fingerprint density at radius 2 is 1.83 bits per heavy atom. The number of carbonyl (C=O) groups is 2. The molecule has 1 aromatic heterocycles. The van der Waals surface area contributed by atoms with Crippen molar-refractivity contribution in [2.45, 2.75) is 36.6 Å². The summed E-state index contributed by atoms with van der Waals surface area (Å²) in [5.74, 6) is -0.590. The van der Waals surface area contributed by atoms with Crippen molar-refractivity contribution in [2.24, 2.45) is 10.1 Å². The average molecular weight is 608 g/mol. The molecule has 1 saturated heterocycles. The Kier molecular flexibility index (Phi) is 8.52. The first-order valence-corrected chi connectivity index (χ1v) is 15.2. The number of nitrogens with one attached hydrogen (secondary N) is 1. The van der Waals surface area contributed by atoms with E-state index in [4.69, 9.17) is 9.66 Å². The SMILES string of the molecule is Cc1ccccc1NC(=O)CC1SC(=NCc2ccc(S(N)(=O)=O)cc2)N(Cc2cc(-c3ccc(F)cc3)on2)C1=O. The Hall–Kier alpha value is -4.33. The minimum absolute atomic E-state index is 0.0198. The molecule has 1 atom stereocenters. The number of aromatic nitrogens is 1. The highest BCUT2D eigenvalue weighted by Crippen LogP contribution is 2.32. The quantitative estimate of drug-likeness (QED) is 0.285. The number of benzene rings is 3. The van der Waals surface area contributed by atoms with E-state index in [0.717, 1.165) is 5.56 Å². The van der Waals surface area contributed by atoms with E-state index in [1.807, 2.05) is 25.1 Å². The first-order chi connectivity index (χ1) is 20.1. The zero-order valence-electron chi connectivity index (χ0n) is 22.4. The lowest BCUT2D eigenvalue weighted by Gasteiger charge is -2.15. The zero-order valence-corrected chi connectivity index (χ0v) is 24.0. The largest absolute Gasteiger partial charge is 0.356 e. The van der Waals surface area contributed by atoms with Gasteiger partial charge in [-0.15, -0.1) is 0 Å². The lowest BCUT2D eigenvalue weighted by molar-refractivity contribution is -0.128. The van der Waals surface area contributed by atoms with Crippen molar-refractivity contribution in [1.29, 1.82) is 0 Å². The minimum atomic E-state index is -3.83. The fourth-order valence-corrected chi connectivity index (χ4v) is 5.88. The van der Waals surface area contributed by atoms with Crippen LogP contribution in [0.5, 0.6) is 0 Å². The van der Waals surface area contributed by atoms with E-state index in [-0.39, 0.29) is 42.0 Å². The molecule has 1 fully saturated rings. The first-order valence-electron chi connectivity index (χ1n) is 12.8. The van der Waals surface area contributed by atoms with Crippen molar-refractivity contribution < 1.29 is 26.9 Å². The van der Waals surface area contributed by atoms with Gasteiger partial charge in [-0.1, -0.05) is 47.3 Å². The molecule has 0 bridgehead atoms. The fraction of sp³-hybridized carbons (Fsp3) is 0.172. The molecule has 1 unspecified atom stereocenters. The Labute approximate surface area is 245 Å². The van der Waals surface area contributed by atoms with Crippen LogP contribution in [0.25, 0.3) is 11.3 Å². The molecule has 2 amide bonds. The molecule has 216 valence electrons. The number of amidine groups is 1. The number of primary sulfonamides is 1. The molecule has 5 rings (SSSR count). The number of hydrogen-bond acceptors (Lipinski definition) is 8. The summed E-state index contributed by atoms with van der Waals surface area (Å²) in [6, 6.07) is 20.7. The molecule has 0 aliphatic carbocycles. The summed E-state index contributed by atoms with van der Waals surface area (Å²) >= 11 is 1.17. The Morgan fingerprint density at radius 3 is 2.52 bits per heavy atom. The highest BCUT2D eigenvalue weighted by Gasteiger charge is 2.39. The molecule has 3 aromatic carbocycles. The van der Waals surface area contributed by atoms with Crippen LogP contribution in [0, 0.1) is 12.7 Å². The lowest BCUT2D eigenvalue weighted by Crippen LogP contribution is -2.33. The van der Waals surface area contributed by atoms with Gasteiger partial charge in [0.2, 0.25) is 21.8 Å². The molecule has 0 spiro atoms. The number of nitrogens with two attached hydrogens (primary N) is 1. The van der Waals surface area contributed by atoms with Gasteiger partial charge in [0, 0.05) is 23.7 Å². The molecule has 10 nitrogen and oxygen atoms in total. The Morgan fingerprint density at radius 1 is 1.12 bits per heavy atom. The number of sulfonamides is 1. The van der Waals surface area contributed by atoms with E-state index in [9.17, 15) is 22.4 Å². The van der Waals surface area contributed by atoms with Crippen LogP contribution < -0.4 is 10.5 Å². The van der Waals surface area contributed by atoms with Gasteiger partial charge in [-0.05, 0) is 60.5 Å². The highest BCUT2D eigenvalue weighted by atomic mass is 32.2. The van der Waals surface area contributed by atoms with Crippen molar-refractivity contribution in [2.75, 3.05) is 5.32 Å². The van der Waals surface area contributed by atoms with Crippen molar-refractivity contribution in [3.05, 3.63) is 102 Å². The molecule has 4 aromatic rings. The average Bonchev–Trinajstić information content (AvgIpc) is 3.54. The molecular formula is C29H26FN5O5S2. The van der Waals surface area contributed by atoms with Crippen LogP contribution in [0.15, 0.2) is 93.3 Å². The van der Waals surface area contributed by atoms with Gasteiger partial charge in [0.05, 0.1) is 18.0 Å². The van der Waals surface area contributed by atoms with Gasteiger partial charge >= 0.3 is 0 Å². The number of aryl methyl sites for hydroxylation is 1. The van der Waals surface area contributed by atoms with Crippen LogP contribution in [0.2, 0.25) is 0 Å². The summed E-state index contributed by atoms with van der Waals surface area (Å²) in [4.78, 5) is 32.4. The molecular weight excluding hydrogens is 581 g/mol. The maximum atomic E-state index is 13.5. The van der Waals surface area contributed by atoms with Gasteiger partial charge in [-0.25, -0.2) is 17.9 Å². The minimum Gasteiger partial charge on any atom is -0.356 e. The Bertz CT molecular complexity index is 1760. The fourth-order valence-electron chi connectivity index (χ4n) is 4.23. The normalized spacial score (nSPS) is 16.3. The predicted molar refractivity (Wildman–Crippen MR) is 157 cm³/mol. The van der Waals surface area contributed by atoms with Gasteiger partial charge in [0.25, 0.3) is 0 Å². The zero-order chi connectivity index (χ0) is 29.9. The highest BCUT2D eigenvalue weighted by molar-refractivity contribution is 8.15. The maximum absolute atomic E-state index is 13.5. The number of amides is 2. The van der Waals surface area contributed by atoms with Crippen molar-refractivity contribution >= 4 is 44.5 Å². The number of carbonyl (C=O) groups excluding carboxylic acids is 2. The van der Waals surface area contributed by atoms with Crippen LogP contribution >= 0.6 is 11.8 Å². The van der Waals surface area contributed by atoms with Gasteiger partial charge in [0.1, 0.15) is 16.8 Å². The summed E-state index contributed by atoms with van der Waals surface area (Å²) in [6.45, 7) is 2.07. The van der Waals surface area contributed by atoms with Crippen LogP contribution in [0.1, 0.15) is 23.2 Å². The van der Waals surface area contributed by atoms with Crippen LogP contribution in [-0.4, -0.2) is 40.7 Å². The van der Waals surface area contributed by atoms with Gasteiger partial charge in [0.15, 0.2) is 10.9 Å². The molecule has 0 radical (unpaired) electrons. The molecule has 13 heteroatoms. The van der Waals surface area contributed by atoms with Crippen molar-refractivity contribution in [3.8, 4) is 11.3 Å². The van der Waals surface area contributed by atoms with E-state index < -0.39 is 15.3 Å². The standard InChI is InChI=1S/C29H26FN5O5S2/c1-18-4-2-3-5-24(18)33-27(36)15-26-28(37)35(17-22-14-25(40-34-22)20-8-10-21(30)11-9-20)29(41-26)32-16-19-6-12-23(13-7-19)42(31,38)39/h2-14,26H,15-17H2,1H3,(H,33,36)(H2,31,38,39). The number of anilines is 1. The monoisotopic (exact) mass is 607 g/mol. The second-order valence-electron chi connectivity index (χ2n) is 9.58. The van der Waals surface area contributed by atoms with E-state index in [1.165, 1.54) is 40.9 Å². The van der Waals surface area contributed by atoms with Gasteiger partial charge in [-0.2, -0.15) is 0 Å². The summed E-state index contributed by atoms with van der Waals surface area (Å²) in [7, 11) is -3.83. The van der Waals surface area contributed by atoms with Crippen LogP contribution in [0.4, 0.5) is 10.1 Å². The predicted octanol–water partition coefficient (Wildman–Crippen LogP) is 4.47. The van der Waals surface area contributed by atoms with E-state index in [2.05, 4.69) is 15.5 Å². The van der Waals surface area contributed by atoms with Crippen molar-refractivity contribution in [3.63, 3.8) is 0 Å². The number of aliphatic imine (C=N–C) groups is 1. The van der Waals surface area contributed by atoms with Crippen molar-refractivity contribution in [1.82, 2.24) is 10.1 Å². The van der Waals surface area contributed by atoms with Crippen LogP contribution in [-0.2, 0) is 32.7 Å². The number of halogens is 1. The second-order valence-corrected chi connectivity index (χ2v) is 12.3. The van der Waals surface area contributed by atoms with Gasteiger partial charge < -0.3 is 9.84 Å². The van der Waals surface area contributed by atoms with E-state index in [0.29, 0.717) is 33.4 Å². The third-order valence-electron chi connectivity index (χ3n) is 6.47.